The number of nitrogens with one attached hydrogen (secondary N) is 1. The first-order valence-corrected chi connectivity index (χ1v) is 4.72. The summed E-state index contributed by atoms with van der Waals surface area (Å²) in [5.41, 5.74) is 5.51. The first-order chi connectivity index (χ1) is 6.07. The van der Waals surface area contributed by atoms with Crippen molar-refractivity contribution >= 4 is 5.91 Å². The van der Waals surface area contributed by atoms with E-state index >= 15 is 0 Å². The Labute approximate surface area is 79.8 Å². The highest BCUT2D eigenvalue weighted by Gasteiger charge is 2.09. The summed E-state index contributed by atoms with van der Waals surface area (Å²) in [6.45, 7) is 6.87. The van der Waals surface area contributed by atoms with Gasteiger partial charge in [-0.15, -0.1) is 0 Å². The van der Waals surface area contributed by atoms with Crippen molar-refractivity contribution in [3.8, 4) is 0 Å². The van der Waals surface area contributed by atoms with Crippen LogP contribution in [0.3, 0.4) is 0 Å². The number of hydrogen-bond acceptors (Lipinski definition) is 3. The van der Waals surface area contributed by atoms with E-state index in [1.165, 1.54) is 0 Å². The molecule has 0 heterocycles. The normalized spacial score (nSPS) is 13.0. The Bertz CT molecular complexity index is 149. The van der Waals surface area contributed by atoms with Crippen molar-refractivity contribution in [2.24, 2.45) is 5.73 Å². The van der Waals surface area contributed by atoms with Gasteiger partial charge in [0.2, 0.25) is 5.91 Å². The van der Waals surface area contributed by atoms with Gasteiger partial charge in [0.25, 0.3) is 0 Å². The monoisotopic (exact) mass is 188 g/mol. The van der Waals surface area contributed by atoms with Gasteiger partial charge in [-0.3, -0.25) is 4.79 Å². The predicted octanol–water partition coefficient (Wildman–Crippen LogP) is 0.265. The average molecular weight is 188 g/mol. The van der Waals surface area contributed by atoms with Crippen molar-refractivity contribution < 1.29 is 9.53 Å². The lowest BCUT2D eigenvalue weighted by molar-refractivity contribution is -0.122. The topological polar surface area (TPSA) is 64.4 Å². The van der Waals surface area contributed by atoms with Gasteiger partial charge in [-0.2, -0.15) is 0 Å². The maximum absolute atomic E-state index is 11.1. The molecule has 0 bridgehead atoms. The lowest BCUT2D eigenvalue weighted by Crippen LogP contribution is -2.41. The zero-order valence-electron chi connectivity index (χ0n) is 8.67. The molecule has 0 rings (SSSR count). The van der Waals surface area contributed by atoms with Gasteiger partial charge in [-0.25, -0.2) is 0 Å². The van der Waals surface area contributed by atoms with E-state index in [1.54, 1.807) is 0 Å². The lowest BCUT2D eigenvalue weighted by Gasteiger charge is -2.11. The third-order valence-corrected chi connectivity index (χ3v) is 1.63. The molecule has 0 aromatic heterocycles. The SMILES string of the molecule is CC[C@@H](N)C(=O)NCCOC(C)C. The van der Waals surface area contributed by atoms with E-state index in [0.717, 1.165) is 0 Å². The molecule has 0 saturated heterocycles. The van der Waals surface area contributed by atoms with Crippen LogP contribution in [0, 0.1) is 0 Å². The minimum absolute atomic E-state index is 0.102. The number of hydrogen-bond donors (Lipinski definition) is 2. The molecule has 0 radical (unpaired) electrons. The summed E-state index contributed by atoms with van der Waals surface area (Å²) in [4.78, 5) is 11.1. The first-order valence-electron chi connectivity index (χ1n) is 4.72. The molecule has 0 unspecified atom stereocenters. The van der Waals surface area contributed by atoms with Gasteiger partial charge in [0, 0.05) is 6.54 Å². The van der Waals surface area contributed by atoms with Gasteiger partial charge in [0.05, 0.1) is 18.8 Å². The number of nitrogens with two attached hydrogens (primary N) is 1. The molecule has 1 atom stereocenters. The zero-order chi connectivity index (χ0) is 10.3. The summed E-state index contributed by atoms with van der Waals surface area (Å²) in [6, 6.07) is -0.390. The van der Waals surface area contributed by atoms with E-state index in [0.29, 0.717) is 19.6 Å². The number of carbonyl (C=O) groups excluding carboxylic acids is 1. The second-order valence-corrected chi connectivity index (χ2v) is 3.23. The molecule has 0 aromatic carbocycles. The number of rotatable bonds is 6. The summed E-state index contributed by atoms with van der Waals surface area (Å²) >= 11 is 0. The van der Waals surface area contributed by atoms with Crippen LogP contribution in [-0.4, -0.2) is 31.2 Å². The summed E-state index contributed by atoms with van der Waals surface area (Å²) in [5.74, 6) is -0.102. The maximum Gasteiger partial charge on any atom is 0.236 e. The van der Waals surface area contributed by atoms with E-state index in [1.807, 2.05) is 20.8 Å². The third kappa shape index (κ3) is 6.54. The second kappa shape index (κ2) is 6.86. The predicted molar refractivity (Wildman–Crippen MR) is 52.4 cm³/mol. The molecule has 0 saturated carbocycles. The Kier molecular flexibility index (Phi) is 6.54. The number of amides is 1. The molecule has 0 aliphatic carbocycles. The number of ether oxygens (including phenoxy) is 1. The van der Waals surface area contributed by atoms with Gasteiger partial charge in [-0.1, -0.05) is 6.92 Å². The molecule has 1 amide bonds. The standard InChI is InChI=1S/C9H20N2O2/c1-4-8(10)9(12)11-5-6-13-7(2)3/h7-8H,4-6,10H2,1-3H3,(H,11,12)/t8-/m1/s1. The Balaban J connectivity index is 3.37. The Morgan fingerprint density at radius 1 is 1.54 bits per heavy atom. The van der Waals surface area contributed by atoms with Crippen molar-refractivity contribution in [2.75, 3.05) is 13.2 Å². The minimum Gasteiger partial charge on any atom is -0.377 e. The molecule has 0 aromatic rings. The van der Waals surface area contributed by atoms with E-state index in [4.69, 9.17) is 10.5 Å². The molecule has 0 spiro atoms. The Morgan fingerprint density at radius 3 is 2.62 bits per heavy atom. The largest absolute Gasteiger partial charge is 0.377 e. The highest BCUT2D eigenvalue weighted by Crippen LogP contribution is 1.87. The molecule has 4 nitrogen and oxygen atoms in total. The van der Waals surface area contributed by atoms with Gasteiger partial charge in [0.1, 0.15) is 0 Å². The summed E-state index contributed by atoms with van der Waals surface area (Å²) in [5, 5.41) is 2.70. The highest BCUT2D eigenvalue weighted by atomic mass is 16.5. The van der Waals surface area contributed by atoms with Crippen LogP contribution in [0.2, 0.25) is 0 Å². The minimum atomic E-state index is -0.390. The van der Waals surface area contributed by atoms with Crippen LogP contribution in [0.5, 0.6) is 0 Å². The summed E-state index contributed by atoms with van der Waals surface area (Å²) in [6.07, 6.45) is 0.869. The fourth-order valence-corrected chi connectivity index (χ4v) is 0.785. The zero-order valence-corrected chi connectivity index (χ0v) is 8.67. The van der Waals surface area contributed by atoms with Gasteiger partial charge in [0.15, 0.2) is 0 Å². The molecule has 3 N–H and O–H groups in total. The van der Waals surface area contributed by atoms with Crippen LogP contribution < -0.4 is 11.1 Å². The smallest absolute Gasteiger partial charge is 0.236 e. The van der Waals surface area contributed by atoms with Crippen molar-refractivity contribution in [1.29, 1.82) is 0 Å². The molecule has 78 valence electrons. The van der Waals surface area contributed by atoms with Crippen molar-refractivity contribution in [1.82, 2.24) is 5.32 Å². The van der Waals surface area contributed by atoms with Crippen LogP contribution in [0.25, 0.3) is 0 Å². The summed E-state index contributed by atoms with van der Waals surface area (Å²) in [7, 11) is 0. The van der Waals surface area contributed by atoms with Gasteiger partial charge >= 0.3 is 0 Å². The lowest BCUT2D eigenvalue weighted by atomic mass is 10.2. The van der Waals surface area contributed by atoms with Crippen LogP contribution in [0.4, 0.5) is 0 Å². The van der Waals surface area contributed by atoms with E-state index < -0.39 is 0 Å². The third-order valence-electron chi connectivity index (χ3n) is 1.63. The molecular formula is C9H20N2O2. The second-order valence-electron chi connectivity index (χ2n) is 3.23. The maximum atomic E-state index is 11.1. The highest BCUT2D eigenvalue weighted by molar-refractivity contribution is 5.81. The summed E-state index contributed by atoms with van der Waals surface area (Å²) < 4.78 is 5.25. The fourth-order valence-electron chi connectivity index (χ4n) is 0.785. The first kappa shape index (κ1) is 12.4. The average Bonchev–Trinajstić information content (AvgIpc) is 2.10. The number of carbonyl (C=O) groups is 1. The van der Waals surface area contributed by atoms with Crippen molar-refractivity contribution in [3.05, 3.63) is 0 Å². The van der Waals surface area contributed by atoms with E-state index in [2.05, 4.69) is 5.32 Å². The molecule has 0 aliphatic rings. The van der Waals surface area contributed by atoms with E-state index in [-0.39, 0.29) is 18.1 Å². The quantitative estimate of drug-likeness (QED) is 0.588. The van der Waals surface area contributed by atoms with Crippen molar-refractivity contribution in [3.63, 3.8) is 0 Å². The van der Waals surface area contributed by atoms with Gasteiger partial charge in [-0.05, 0) is 20.3 Å². The molecular weight excluding hydrogens is 168 g/mol. The fraction of sp³-hybridized carbons (Fsp3) is 0.889. The van der Waals surface area contributed by atoms with Crippen LogP contribution in [-0.2, 0) is 9.53 Å². The Hall–Kier alpha value is -0.610. The van der Waals surface area contributed by atoms with E-state index in [9.17, 15) is 4.79 Å². The molecule has 4 heteroatoms. The van der Waals surface area contributed by atoms with Gasteiger partial charge < -0.3 is 15.8 Å². The molecule has 13 heavy (non-hydrogen) atoms. The molecule has 0 aliphatic heterocycles. The van der Waals surface area contributed by atoms with Crippen molar-refractivity contribution in [2.45, 2.75) is 39.3 Å². The molecule has 0 fully saturated rings. The van der Waals surface area contributed by atoms with Crippen LogP contribution in [0.15, 0.2) is 0 Å². The van der Waals surface area contributed by atoms with Crippen LogP contribution >= 0.6 is 0 Å². The Morgan fingerprint density at radius 2 is 2.15 bits per heavy atom. The van der Waals surface area contributed by atoms with Crippen LogP contribution in [0.1, 0.15) is 27.2 Å².